The molecular weight excluding hydrogens is 386 g/mol. The van der Waals surface area contributed by atoms with E-state index < -0.39 is 0 Å². The Balaban J connectivity index is 1.40. The third-order valence-corrected chi connectivity index (χ3v) is 7.33. The highest BCUT2D eigenvalue weighted by molar-refractivity contribution is 5.82. The van der Waals surface area contributed by atoms with Crippen LogP contribution in [0.4, 0.5) is 11.4 Å². The SMILES string of the molecule is COc1cccc(N2CCN3c4ccccc4C[C@H](C(=O)NC4CCCCC4)[C@H]3C2)c1. The van der Waals surface area contributed by atoms with Gasteiger partial charge < -0.3 is 19.9 Å². The van der Waals surface area contributed by atoms with Gasteiger partial charge in [-0.05, 0) is 43.0 Å². The Morgan fingerprint density at radius 3 is 2.71 bits per heavy atom. The zero-order valence-electron chi connectivity index (χ0n) is 18.4. The van der Waals surface area contributed by atoms with Gasteiger partial charge in [-0.1, -0.05) is 43.5 Å². The molecule has 5 heteroatoms. The Hall–Kier alpha value is -2.69. The third-order valence-electron chi connectivity index (χ3n) is 7.33. The molecule has 2 aromatic rings. The van der Waals surface area contributed by atoms with Crippen LogP contribution in [-0.2, 0) is 11.2 Å². The number of benzene rings is 2. The number of para-hydroxylation sites is 1. The Morgan fingerprint density at radius 1 is 1.03 bits per heavy atom. The normalized spacial score (nSPS) is 23.6. The van der Waals surface area contributed by atoms with Gasteiger partial charge in [-0.3, -0.25) is 4.79 Å². The second-order valence-corrected chi connectivity index (χ2v) is 9.19. The number of ether oxygens (including phenoxy) is 1. The van der Waals surface area contributed by atoms with Crippen molar-refractivity contribution in [1.29, 1.82) is 0 Å². The summed E-state index contributed by atoms with van der Waals surface area (Å²) in [5.74, 6) is 1.09. The fraction of sp³-hybridized carbons (Fsp3) is 0.500. The van der Waals surface area contributed by atoms with Gasteiger partial charge in [0.15, 0.2) is 0 Å². The minimum Gasteiger partial charge on any atom is -0.497 e. The fourth-order valence-electron chi connectivity index (χ4n) is 5.65. The number of anilines is 2. The first-order valence-corrected chi connectivity index (χ1v) is 11.8. The molecule has 0 spiro atoms. The first-order valence-electron chi connectivity index (χ1n) is 11.8. The lowest BCUT2D eigenvalue weighted by Gasteiger charge is -2.50. The number of methoxy groups -OCH3 is 1. The molecular formula is C26H33N3O2. The van der Waals surface area contributed by atoms with Gasteiger partial charge in [-0.2, -0.15) is 0 Å². The topological polar surface area (TPSA) is 44.8 Å². The minimum atomic E-state index is -0.0229. The molecule has 0 bridgehead atoms. The second kappa shape index (κ2) is 8.81. The van der Waals surface area contributed by atoms with Gasteiger partial charge in [0.25, 0.3) is 0 Å². The van der Waals surface area contributed by atoms with E-state index in [1.807, 2.05) is 12.1 Å². The number of nitrogens with zero attached hydrogens (tertiary/aromatic N) is 2. The van der Waals surface area contributed by atoms with Crippen molar-refractivity contribution in [2.24, 2.45) is 5.92 Å². The molecule has 2 fully saturated rings. The number of hydrogen-bond acceptors (Lipinski definition) is 4. The highest BCUT2D eigenvalue weighted by atomic mass is 16.5. The molecule has 5 nitrogen and oxygen atoms in total. The summed E-state index contributed by atoms with van der Waals surface area (Å²) in [6.07, 6.45) is 6.84. The zero-order chi connectivity index (χ0) is 21.2. The van der Waals surface area contributed by atoms with Gasteiger partial charge in [0.05, 0.1) is 19.1 Å². The molecule has 1 N–H and O–H groups in total. The highest BCUT2D eigenvalue weighted by Crippen LogP contribution is 2.37. The number of hydrogen-bond donors (Lipinski definition) is 1. The molecule has 1 aliphatic carbocycles. The van der Waals surface area contributed by atoms with Crippen LogP contribution in [0.15, 0.2) is 48.5 Å². The Bertz CT molecular complexity index is 924. The zero-order valence-corrected chi connectivity index (χ0v) is 18.4. The van der Waals surface area contributed by atoms with Crippen molar-refractivity contribution in [3.63, 3.8) is 0 Å². The molecule has 31 heavy (non-hydrogen) atoms. The van der Waals surface area contributed by atoms with E-state index in [1.165, 1.54) is 36.2 Å². The summed E-state index contributed by atoms with van der Waals surface area (Å²) >= 11 is 0. The van der Waals surface area contributed by atoms with Crippen LogP contribution in [0.25, 0.3) is 0 Å². The molecule has 1 saturated heterocycles. The van der Waals surface area contributed by atoms with Crippen LogP contribution in [0.2, 0.25) is 0 Å². The van der Waals surface area contributed by atoms with Crippen LogP contribution in [0.1, 0.15) is 37.7 Å². The third kappa shape index (κ3) is 4.10. The quantitative estimate of drug-likeness (QED) is 0.813. The summed E-state index contributed by atoms with van der Waals surface area (Å²) in [6.45, 7) is 2.71. The largest absolute Gasteiger partial charge is 0.497 e. The predicted molar refractivity (Wildman–Crippen MR) is 125 cm³/mol. The lowest BCUT2D eigenvalue weighted by atomic mass is 9.82. The predicted octanol–water partition coefficient (Wildman–Crippen LogP) is 4.01. The van der Waals surface area contributed by atoms with Crippen molar-refractivity contribution < 1.29 is 9.53 Å². The van der Waals surface area contributed by atoms with Crippen LogP contribution in [-0.4, -0.2) is 44.7 Å². The Kier molecular flexibility index (Phi) is 5.75. The summed E-state index contributed by atoms with van der Waals surface area (Å²) in [5.41, 5.74) is 3.78. The first-order chi connectivity index (χ1) is 15.2. The molecule has 2 aliphatic heterocycles. The number of carbonyl (C=O) groups is 1. The molecule has 5 rings (SSSR count). The smallest absolute Gasteiger partial charge is 0.225 e. The Morgan fingerprint density at radius 2 is 1.87 bits per heavy atom. The second-order valence-electron chi connectivity index (χ2n) is 9.19. The molecule has 1 amide bonds. The summed E-state index contributed by atoms with van der Waals surface area (Å²) in [4.78, 5) is 18.4. The van der Waals surface area contributed by atoms with Crippen molar-refractivity contribution in [3.05, 3.63) is 54.1 Å². The fourth-order valence-corrected chi connectivity index (χ4v) is 5.65. The van der Waals surface area contributed by atoms with Gasteiger partial charge in [0.1, 0.15) is 5.75 Å². The molecule has 2 atom stereocenters. The van der Waals surface area contributed by atoms with E-state index in [0.29, 0.717) is 6.04 Å². The van der Waals surface area contributed by atoms with E-state index in [1.54, 1.807) is 7.11 Å². The summed E-state index contributed by atoms with van der Waals surface area (Å²) < 4.78 is 5.44. The maximum absolute atomic E-state index is 13.5. The van der Waals surface area contributed by atoms with Crippen molar-refractivity contribution in [2.45, 2.75) is 50.6 Å². The number of fused-ring (bicyclic) bond motifs is 3. The molecule has 2 aromatic carbocycles. The molecule has 2 heterocycles. The monoisotopic (exact) mass is 419 g/mol. The standard InChI is InChI=1S/C26H33N3O2/c1-31-22-12-7-11-21(17-22)28-14-15-29-24-13-6-5-8-19(24)16-23(25(29)18-28)26(30)27-20-9-3-2-4-10-20/h5-8,11-13,17,20,23,25H,2-4,9-10,14-16,18H2,1H3,(H,27,30)/t23-,25+/m0/s1. The average molecular weight is 420 g/mol. The van der Waals surface area contributed by atoms with Crippen LogP contribution in [0.5, 0.6) is 5.75 Å². The summed E-state index contributed by atoms with van der Waals surface area (Å²) in [5, 5.41) is 3.42. The number of piperazine rings is 1. The van der Waals surface area contributed by atoms with Crippen LogP contribution < -0.4 is 19.9 Å². The molecule has 1 saturated carbocycles. The number of nitrogens with one attached hydrogen (secondary N) is 1. The summed E-state index contributed by atoms with van der Waals surface area (Å²) in [7, 11) is 1.71. The highest BCUT2D eigenvalue weighted by Gasteiger charge is 2.42. The van der Waals surface area contributed by atoms with Crippen molar-refractivity contribution >= 4 is 17.3 Å². The van der Waals surface area contributed by atoms with E-state index in [2.05, 4.69) is 51.5 Å². The van der Waals surface area contributed by atoms with E-state index in [9.17, 15) is 4.79 Å². The van der Waals surface area contributed by atoms with Crippen molar-refractivity contribution in [3.8, 4) is 5.75 Å². The maximum Gasteiger partial charge on any atom is 0.225 e. The van der Waals surface area contributed by atoms with Crippen LogP contribution in [0.3, 0.4) is 0 Å². The van der Waals surface area contributed by atoms with E-state index in [0.717, 1.165) is 44.6 Å². The number of amides is 1. The molecule has 3 aliphatic rings. The lowest BCUT2D eigenvalue weighted by molar-refractivity contribution is -0.126. The van der Waals surface area contributed by atoms with Crippen molar-refractivity contribution in [2.75, 3.05) is 36.5 Å². The van der Waals surface area contributed by atoms with Gasteiger partial charge in [-0.15, -0.1) is 0 Å². The van der Waals surface area contributed by atoms with Gasteiger partial charge in [0, 0.05) is 43.1 Å². The lowest BCUT2D eigenvalue weighted by Crippen LogP contribution is -2.61. The van der Waals surface area contributed by atoms with E-state index >= 15 is 0 Å². The first kappa shape index (κ1) is 20.2. The van der Waals surface area contributed by atoms with Crippen molar-refractivity contribution in [1.82, 2.24) is 5.32 Å². The van der Waals surface area contributed by atoms with Gasteiger partial charge >= 0.3 is 0 Å². The summed E-state index contributed by atoms with van der Waals surface area (Å²) in [6, 6.07) is 17.4. The maximum atomic E-state index is 13.5. The van der Waals surface area contributed by atoms with Gasteiger partial charge in [0.2, 0.25) is 5.91 Å². The number of carbonyl (C=O) groups excluding carboxylic acids is 1. The van der Waals surface area contributed by atoms with Crippen LogP contribution in [0, 0.1) is 5.92 Å². The van der Waals surface area contributed by atoms with E-state index in [-0.39, 0.29) is 17.9 Å². The van der Waals surface area contributed by atoms with Gasteiger partial charge in [-0.25, -0.2) is 0 Å². The average Bonchev–Trinajstić information content (AvgIpc) is 2.83. The van der Waals surface area contributed by atoms with Crippen LogP contribution >= 0.6 is 0 Å². The van der Waals surface area contributed by atoms with E-state index in [4.69, 9.17) is 4.74 Å². The molecule has 0 unspecified atom stereocenters. The number of rotatable bonds is 4. The molecule has 0 aromatic heterocycles. The minimum absolute atomic E-state index is 0.0229. The Labute approximate surface area is 185 Å². The molecule has 0 radical (unpaired) electrons. The molecule has 164 valence electrons.